The lowest BCUT2D eigenvalue weighted by Crippen LogP contribution is -2.35. The van der Waals surface area contributed by atoms with Crippen LogP contribution in [0.25, 0.3) is 0 Å². The van der Waals surface area contributed by atoms with Crippen molar-refractivity contribution in [1.29, 1.82) is 0 Å². The number of anilines is 1. The molecule has 0 radical (unpaired) electrons. The molecule has 4 heteroatoms. The van der Waals surface area contributed by atoms with Gasteiger partial charge in [-0.25, -0.2) is 4.79 Å². The van der Waals surface area contributed by atoms with Gasteiger partial charge >= 0.3 is 5.97 Å². The molecule has 1 unspecified atom stereocenters. The van der Waals surface area contributed by atoms with Gasteiger partial charge in [0.1, 0.15) is 0 Å². The fourth-order valence-electron chi connectivity index (χ4n) is 2.00. The second kappa shape index (κ2) is 6.06. The van der Waals surface area contributed by atoms with E-state index in [9.17, 15) is 9.90 Å². The summed E-state index contributed by atoms with van der Waals surface area (Å²) >= 11 is 0. The summed E-state index contributed by atoms with van der Waals surface area (Å²) in [6, 6.07) is 5.24. The molecular weight excluding hydrogens is 242 g/mol. The van der Waals surface area contributed by atoms with Crippen LogP contribution in [0.4, 0.5) is 5.69 Å². The fourth-order valence-corrected chi connectivity index (χ4v) is 2.00. The molecule has 0 aliphatic carbocycles. The molecule has 19 heavy (non-hydrogen) atoms. The maximum atomic E-state index is 11.2. The Morgan fingerprint density at radius 2 is 2.00 bits per heavy atom. The van der Waals surface area contributed by atoms with Crippen LogP contribution in [0.1, 0.15) is 43.1 Å². The Labute approximate surface area is 114 Å². The van der Waals surface area contributed by atoms with Crippen molar-refractivity contribution in [1.82, 2.24) is 0 Å². The molecule has 4 nitrogen and oxygen atoms in total. The summed E-state index contributed by atoms with van der Waals surface area (Å²) in [6.07, 6.45) is 0.580. The average molecular weight is 265 g/mol. The van der Waals surface area contributed by atoms with E-state index < -0.39 is 5.97 Å². The van der Waals surface area contributed by atoms with Crippen molar-refractivity contribution in [2.75, 3.05) is 11.9 Å². The number of aliphatic hydroxyl groups is 1. The van der Waals surface area contributed by atoms with Crippen LogP contribution in [0, 0.1) is 12.3 Å². The molecule has 0 aliphatic rings. The standard InChI is InChI=1S/C15H23NO3/c1-10-5-6-11(14(18)19)12(9-10)16-13(7-8-17)15(2,3)4/h5-6,9,13,16-17H,7-8H2,1-4H3,(H,18,19). The Morgan fingerprint density at radius 1 is 1.37 bits per heavy atom. The summed E-state index contributed by atoms with van der Waals surface area (Å²) < 4.78 is 0. The topological polar surface area (TPSA) is 69.6 Å². The largest absolute Gasteiger partial charge is 0.478 e. The van der Waals surface area contributed by atoms with Crippen molar-refractivity contribution in [3.8, 4) is 0 Å². The van der Waals surface area contributed by atoms with E-state index in [1.165, 1.54) is 0 Å². The molecule has 1 rings (SSSR count). The van der Waals surface area contributed by atoms with Crippen LogP contribution < -0.4 is 5.32 Å². The van der Waals surface area contributed by atoms with Gasteiger partial charge in [0.25, 0.3) is 0 Å². The summed E-state index contributed by atoms with van der Waals surface area (Å²) in [5.74, 6) is -0.945. The highest BCUT2D eigenvalue weighted by atomic mass is 16.4. The monoisotopic (exact) mass is 265 g/mol. The summed E-state index contributed by atoms with van der Waals surface area (Å²) in [4.78, 5) is 11.2. The van der Waals surface area contributed by atoms with E-state index in [4.69, 9.17) is 5.11 Å². The van der Waals surface area contributed by atoms with Crippen molar-refractivity contribution in [2.45, 2.75) is 40.2 Å². The molecule has 1 aromatic carbocycles. The number of carboxylic acid groups (broad SMARTS) is 1. The quantitative estimate of drug-likeness (QED) is 0.765. The zero-order valence-corrected chi connectivity index (χ0v) is 12.0. The molecule has 0 saturated heterocycles. The number of hydrogen-bond donors (Lipinski definition) is 3. The predicted octanol–water partition coefficient (Wildman–Crippen LogP) is 2.90. The molecule has 0 heterocycles. The minimum Gasteiger partial charge on any atom is -0.478 e. The van der Waals surface area contributed by atoms with Gasteiger partial charge in [-0.15, -0.1) is 0 Å². The molecule has 0 aliphatic heterocycles. The molecule has 1 atom stereocenters. The predicted molar refractivity (Wildman–Crippen MR) is 76.7 cm³/mol. The van der Waals surface area contributed by atoms with E-state index in [1.807, 2.05) is 13.0 Å². The Bertz CT molecular complexity index is 449. The number of carboxylic acids is 1. The van der Waals surface area contributed by atoms with E-state index in [0.29, 0.717) is 12.1 Å². The number of nitrogens with one attached hydrogen (secondary N) is 1. The van der Waals surface area contributed by atoms with Gasteiger partial charge < -0.3 is 15.5 Å². The fraction of sp³-hybridized carbons (Fsp3) is 0.533. The first-order chi connectivity index (χ1) is 8.75. The highest BCUT2D eigenvalue weighted by molar-refractivity contribution is 5.94. The van der Waals surface area contributed by atoms with Crippen molar-refractivity contribution in [2.24, 2.45) is 5.41 Å². The van der Waals surface area contributed by atoms with Crippen molar-refractivity contribution >= 4 is 11.7 Å². The van der Waals surface area contributed by atoms with Crippen LogP contribution in [0.2, 0.25) is 0 Å². The maximum Gasteiger partial charge on any atom is 0.337 e. The molecular formula is C15H23NO3. The van der Waals surface area contributed by atoms with Gasteiger partial charge in [0.2, 0.25) is 0 Å². The van der Waals surface area contributed by atoms with E-state index in [2.05, 4.69) is 26.1 Å². The first-order valence-corrected chi connectivity index (χ1v) is 6.47. The Kier molecular flexibility index (Phi) is 4.95. The Balaban J connectivity index is 3.08. The number of carbonyl (C=O) groups is 1. The van der Waals surface area contributed by atoms with Crippen LogP contribution in [-0.4, -0.2) is 28.8 Å². The van der Waals surface area contributed by atoms with Gasteiger partial charge in [-0.3, -0.25) is 0 Å². The molecule has 1 aromatic rings. The highest BCUT2D eigenvalue weighted by Crippen LogP contribution is 2.27. The van der Waals surface area contributed by atoms with E-state index >= 15 is 0 Å². The Morgan fingerprint density at radius 3 is 2.47 bits per heavy atom. The van der Waals surface area contributed by atoms with Crippen molar-refractivity contribution < 1.29 is 15.0 Å². The zero-order chi connectivity index (χ0) is 14.6. The summed E-state index contributed by atoms with van der Waals surface area (Å²) in [6.45, 7) is 8.20. The van der Waals surface area contributed by atoms with E-state index in [1.54, 1.807) is 12.1 Å². The third-order valence-corrected chi connectivity index (χ3v) is 3.20. The highest BCUT2D eigenvalue weighted by Gasteiger charge is 2.25. The molecule has 3 N–H and O–H groups in total. The third-order valence-electron chi connectivity index (χ3n) is 3.20. The van der Waals surface area contributed by atoms with Crippen LogP contribution in [-0.2, 0) is 0 Å². The molecule has 0 spiro atoms. The lowest BCUT2D eigenvalue weighted by atomic mass is 9.84. The molecule has 106 valence electrons. The smallest absolute Gasteiger partial charge is 0.337 e. The number of hydrogen-bond acceptors (Lipinski definition) is 3. The SMILES string of the molecule is Cc1ccc(C(=O)O)c(NC(CCO)C(C)(C)C)c1. The molecule has 0 bridgehead atoms. The second-order valence-corrected chi connectivity index (χ2v) is 5.93. The van der Waals surface area contributed by atoms with Crippen molar-refractivity contribution in [3.63, 3.8) is 0 Å². The second-order valence-electron chi connectivity index (χ2n) is 5.93. The van der Waals surface area contributed by atoms with Crippen molar-refractivity contribution in [3.05, 3.63) is 29.3 Å². The van der Waals surface area contributed by atoms with Gasteiger partial charge in [0, 0.05) is 18.3 Å². The minimum atomic E-state index is -0.945. The summed E-state index contributed by atoms with van der Waals surface area (Å²) in [5, 5.41) is 21.6. The summed E-state index contributed by atoms with van der Waals surface area (Å²) in [5.41, 5.74) is 1.81. The first-order valence-electron chi connectivity index (χ1n) is 6.47. The van der Waals surface area contributed by atoms with Crippen LogP contribution in [0.3, 0.4) is 0 Å². The summed E-state index contributed by atoms with van der Waals surface area (Å²) in [7, 11) is 0. The van der Waals surface area contributed by atoms with E-state index in [0.717, 1.165) is 5.56 Å². The van der Waals surface area contributed by atoms with Gasteiger partial charge in [-0.1, -0.05) is 26.8 Å². The normalized spacial score (nSPS) is 13.1. The minimum absolute atomic E-state index is 0.0115. The number of aliphatic hydroxyl groups excluding tert-OH is 1. The van der Waals surface area contributed by atoms with Gasteiger partial charge in [0.15, 0.2) is 0 Å². The molecule has 0 amide bonds. The first kappa shape index (κ1) is 15.5. The van der Waals surface area contributed by atoms with Gasteiger partial charge in [0.05, 0.1) is 5.56 Å². The number of aromatic carboxylic acids is 1. The van der Waals surface area contributed by atoms with Gasteiger partial charge in [-0.2, -0.15) is 0 Å². The number of aryl methyl sites for hydroxylation is 1. The van der Waals surface area contributed by atoms with Gasteiger partial charge in [-0.05, 0) is 36.5 Å². The van der Waals surface area contributed by atoms with E-state index in [-0.39, 0.29) is 23.6 Å². The zero-order valence-electron chi connectivity index (χ0n) is 12.0. The lowest BCUT2D eigenvalue weighted by molar-refractivity contribution is 0.0697. The lowest BCUT2D eigenvalue weighted by Gasteiger charge is -2.32. The molecule has 0 aromatic heterocycles. The van der Waals surface area contributed by atoms with Crippen LogP contribution in [0.15, 0.2) is 18.2 Å². The number of rotatable bonds is 5. The average Bonchev–Trinajstić information content (AvgIpc) is 2.26. The molecule has 0 fully saturated rings. The maximum absolute atomic E-state index is 11.2. The van der Waals surface area contributed by atoms with Crippen LogP contribution >= 0.6 is 0 Å². The number of benzene rings is 1. The van der Waals surface area contributed by atoms with Crippen LogP contribution in [0.5, 0.6) is 0 Å². The third kappa shape index (κ3) is 4.24. The Hall–Kier alpha value is -1.55. The molecule has 0 saturated carbocycles.